The summed E-state index contributed by atoms with van der Waals surface area (Å²) < 4.78 is 5.48. The number of morpholine rings is 1. The molecule has 0 aromatic rings. The van der Waals surface area contributed by atoms with Gasteiger partial charge >= 0.3 is 0 Å². The Hall–Kier alpha value is -0.650. The third kappa shape index (κ3) is 4.91. The Morgan fingerprint density at radius 2 is 1.91 bits per heavy atom. The number of nitrogens with zero attached hydrogens (tertiary/aromatic N) is 1. The van der Waals surface area contributed by atoms with Crippen molar-refractivity contribution < 1.29 is 9.53 Å². The molecule has 3 aliphatic rings. The standard InChI is InChI=1S/C18H33N3O2/c22-17(16-6-2-5-9-19-16)20-14-18(7-3-1-4-8-18)15-21-10-12-23-13-11-21/h16,19H,1-15H2,(H,20,22)/t16-/m1/s1. The minimum absolute atomic E-state index is 0.0350. The summed E-state index contributed by atoms with van der Waals surface area (Å²) in [5.74, 6) is 0.219. The lowest BCUT2D eigenvalue weighted by Gasteiger charge is -2.42. The van der Waals surface area contributed by atoms with Gasteiger partial charge in [-0.15, -0.1) is 0 Å². The van der Waals surface area contributed by atoms with Crippen molar-refractivity contribution in [3.05, 3.63) is 0 Å². The molecule has 5 nitrogen and oxygen atoms in total. The van der Waals surface area contributed by atoms with Gasteiger partial charge < -0.3 is 15.4 Å². The topological polar surface area (TPSA) is 53.6 Å². The number of ether oxygens (including phenoxy) is 1. The zero-order valence-corrected chi connectivity index (χ0v) is 14.4. The second-order valence-electron chi connectivity index (χ2n) is 7.67. The summed E-state index contributed by atoms with van der Waals surface area (Å²) in [6.45, 7) is 6.75. The van der Waals surface area contributed by atoms with Gasteiger partial charge in [-0.05, 0) is 32.2 Å². The van der Waals surface area contributed by atoms with Crippen LogP contribution in [-0.2, 0) is 9.53 Å². The Morgan fingerprint density at radius 3 is 2.61 bits per heavy atom. The van der Waals surface area contributed by atoms with Crippen LogP contribution in [0.5, 0.6) is 0 Å². The molecular weight excluding hydrogens is 290 g/mol. The van der Waals surface area contributed by atoms with Gasteiger partial charge in [0.25, 0.3) is 0 Å². The molecule has 0 radical (unpaired) electrons. The van der Waals surface area contributed by atoms with Gasteiger partial charge in [0.05, 0.1) is 19.3 Å². The average Bonchev–Trinajstić information content (AvgIpc) is 2.62. The average molecular weight is 323 g/mol. The molecule has 0 unspecified atom stereocenters. The molecule has 3 fully saturated rings. The highest BCUT2D eigenvalue weighted by atomic mass is 16.5. The van der Waals surface area contributed by atoms with Gasteiger partial charge in [-0.3, -0.25) is 9.69 Å². The lowest BCUT2D eigenvalue weighted by molar-refractivity contribution is -0.124. The highest BCUT2D eigenvalue weighted by Gasteiger charge is 2.35. The molecule has 23 heavy (non-hydrogen) atoms. The lowest BCUT2D eigenvalue weighted by atomic mass is 9.73. The first kappa shape index (κ1) is 17.2. The Kier molecular flexibility index (Phi) is 6.31. The monoisotopic (exact) mass is 323 g/mol. The van der Waals surface area contributed by atoms with Gasteiger partial charge in [-0.25, -0.2) is 0 Å². The predicted molar refractivity (Wildman–Crippen MR) is 91.4 cm³/mol. The summed E-state index contributed by atoms with van der Waals surface area (Å²) in [6.07, 6.45) is 9.83. The third-order valence-electron chi connectivity index (χ3n) is 5.84. The third-order valence-corrected chi connectivity index (χ3v) is 5.84. The fourth-order valence-corrected chi connectivity index (χ4v) is 4.40. The molecular formula is C18H33N3O2. The normalized spacial score (nSPS) is 29.1. The van der Waals surface area contributed by atoms with Crippen LogP contribution in [0.1, 0.15) is 51.4 Å². The molecule has 1 amide bonds. The number of carbonyl (C=O) groups excluding carboxylic acids is 1. The van der Waals surface area contributed by atoms with Gasteiger partial charge in [0.1, 0.15) is 0 Å². The second kappa shape index (κ2) is 8.45. The van der Waals surface area contributed by atoms with Crippen LogP contribution < -0.4 is 10.6 Å². The Labute approximate surface area is 140 Å². The lowest BCUT2D eigenvalue weighted by Crippen LogP contribution is -2.53. The molecule has 3 rings (SSSR count). The van der Waals surface area contributed by atoms with E-state index >= 15 is 0 Å². The number of rotatable bonds is 5. The number of hydrogen-bond acceptors (Lipinski definition) is 4. The van der Waals surface area contributed by atoms with Gasteiger partial charge in [-0.2, -0.15) is 0 Å². The maximum absolute atomic E-state index is 12.5. The van der Waals surface area contributed by atoms with E-state index in [-0.39, 0.29) is 17.4 Å². The molecule has 5 heteroatoms. The highest BCUT2D eigenvalue weighted by Crippen LogP contribution is 2.36. The van der Waals surface area contributed by atoms with E-state index in [4.69, 9.17) is 4.74 Å². The molecule has 0 aromatic carbocycles. The maximum Gasteiger partial charge on any atom is 0.237 e. The summed E-state index contributed by atoms with van der Waals surface area (Å²) in [4.78, 5) is 15.0. The van der Waals surface area contributed by atoms with Crippen molar-refractivity contribution in [3.8, 4) is 0 Å². The van der Waals surface area contributed by atoms with E-state index in [0.717, 1.165) is 52.4 Å². The summed E-state index contributed by atoms with van der Waals surface area (Å²) in [7, 11) is 0. The van der Waals surface area contributed by atoms with Crippen LogP contribution in [0.3, 0.4) is 0 Å². The van der Waals surface area contributed by atoms with E-state index in [2.05, 4.69) is 15.5 Å². The van der Waals surface area contributed by atoms with Crippen molar-refractivity contribution in [2.45, 2.75) is 57.4 Å². The molecule has 1 saturated carbocycles. The molecule has 0 spiro atoms. The number of carbonyl (C=O) groups is 1. The van der Waals surface area contributed by atoms with Crippen molar-refractivity contribution >= 4 is 5.91 Å². The van der Waals surface area contributed by atoms with E-state index in [9.17, 15) is 4.79 Å². The van der Waals surface area contributed by atoms with Crippen LogP contribution in [-0.4, -0.2) is 62.8 Å². The summed E-state index contributed by atoms with van der Waals surface area (Å²) >= 11 is 0. The zero-order valence-electron chi connectivity index (χ0n) is 14.4. The van der Waals surface area contributed by atoms with Crippen LogP contribution in [0, 0.1) is 5.41 Å². The van der Waals surface area contributed by atoms with Crippen molar-refractivity contribution in [2.24, 2.45) is 5.41 Å². The fraction of sp³-hybridized carbons (Fsp3) is 0.944. The number of piperidine rings is 1. The molecule has 2 saturated heterocycles. The number of hydrogen-bond donors (Lipinski definition) is 2. The molecule has 2 aliphatic heterocycles. The van der Waals surface area contributed by atoms with Crippen molar-refractivity contribution in [1.82, 2.24) is 15.5 Å². The van der Waals surface area contributed by atoms with E-state index < -0.39 is 0 Å². The van der Waals surface area contributed by atoms with Gasteiger partial charge in [0.15, 0.2) is 0 Å². The minimum Gasteiger partial charge on any atom is -0.379 e. The first-order chi connectivity index (χ1) is 11.3. The van der Waals surface area contributed by atoms with Crippen LogP contribution in [0.15, 0.2) is 0 Å². The first-order valence-corrected chi connectivity index (χ1v) is 9.59. The SMILES string of the molecule is O=C(NCC1(CN2CCOCC2)CCCCC1)[C@H]1CCCCN1. The molecule has 1 atom stereocenters. The molecule has 0 aromatic heterocycles. The van der Waals surface area contributed by atoms with Crippen molar-refractivity contribution in [3.63, 3.8) is 0 Å². The molecule has 0 bridgehead atoms. The maximum atomic E-state index is 12.5. The largest absolute Gasteiger partial charge is 0.379 e. The van der Waals surface area contributed by atoms with E-state index in [1.165, 1.54) is 44.9 Å². The van der Waals surface area contributed by atoms with E-state index in [1.54, 1.807) is 0 Å². The Bertz CT molecular complexity index is 370. The van der Waals surface area contributed by atoms with Gasteiger partial charge in [0, 0.05) is 31.6 Å². The number of nitrogens with one attached hydrogen (secondary N) is 2. The summed E-state index contributed by atoms with van der Waals surface area (Å²) in [5, 5.41) is 6.65. The Morgan fingerprint density at radius 1 is 1.13 bits per heavy atom. The number of amides is 1. The van der Waals surface area contributed by atoms with Gasteiger partial charge in [0.2, 0.25) is 5.91 Å². The summed E-state index contributed by atoms with van der Waals surface area (Å²) in [6, 6.07) is 0.0350. The van der Waals surface area contributed by atoms with Crippen LogP contribution in [0.2, 0.25) is 0 Å². The van der Waals surface area contributed by atoms with Crippen molar-refractivity contribution in [2.75, 3.05) is 45.9 Å². The van der Waals surface area contributed by atoms with E-state index in [0.29, 0.717) is 0 Å². The van der Waals surface area contributed by atoms with Crippen LogP contribution in [0.4, 0.5) is 0 Å². The predicted octanol–water partition coefficient (Wildman–Crippen LogP) is 1.53. The molecule has 1 aliphatic carbocycles. The van der Waals surface area contributed by atoms with Crippen LogP contribution in [0.25, 0.3) is 0 Å². The minimum atomic E-state index is 0.0350. The van der Waals surface area contributed by atoms with E-state index in [1.807, 2.05) is 0 Å². The molecule has 2 N–H and O–H groups in total. The quantitative estimate of drug-likeness (QED) is 0.806. The molecule has 132 valence electrons. The van der Waals surface area contributed by atoms with Crippen molar-refractivity contribution in [1.29, 1.82) is 0 Å². The van der Waals surface area contributed by atoms with Gasteiger partial charge in [-0.1, -0.05) is 25.7 Å². The smallest absolute Gasteiger partial charge is 0.237 e. The zero-order chi connectivity index (χ0) is 16.0. The molecule has 2 heterocycles. The Balaban J connectivity index is 1.53. The highest BCUT2D eigenvalue weighted by molar-refractivity contribution is 5.81. The summed E-state index contributed by atoms with van der Waals surface area (Å²) in [5.41, 5.74) is 0.278. The second-order valence-corrected chi connectivity index (χ2v) is 7.67. The first-order valence-electron chi connectivity index (χ1n) is 9.59. The fourth-order valence-electron chi connectivity index (χ4n) is 4.40. The van der Waals surface area contributed by atoms with Crippen LogP contribution >= 0.6 is 0 Å².